The fourth-order valence-electron chi connectivity index (χ4n) is 2.75. The Kier molecular flexibility index (Phi) is 5.68. The molecule has 1 aliphatic heterocycles. The Bertz CT molecular complexity index is 695. The van der Waals surface area contributed by atoms with Crippen molar-refractivity contribution in [1.29, 1.82) is 0 Å². The summed E-state index contributed by atoms with van der Waals surface area (Å²) in [6.07, 6.45) is 4.34. The molecular weight excluding hydrogens is 349 g/mol. The summed E-state index contributed by atoms with van der Waals surface area (Å²) in [5.41, 5.74) is 0.840. The molecule has 0 atom stereocenters. The molecule has 0 saturated carbocycles. The highest BCUT2D eigenvalue weighted by Gasteiger charge is 2.16. The van der Waals surface area contributed by atoms with Crippen molar-refractivity contribution in [1.82, 2.24) is 10.3 Å². The number of carbonyl (C=O) groups is 1. The predicted molar refractivity (Wildman–Crippen MR) is 95.6 cm³/mol. The van der Waals surface area contributed by atoms with Crippen molar-refractivity contribution in [2.45, 2.75) is 25.7 Å². The fraction of sp³-hybridized carbons (Fsp3) is 0.412. The van der Waals surface area contributed by atoms with Gasteiger partial charge in [0, 0.05) is 31.4 Å². The molecule has 0 spiro atoms. The third-order valence-corrected chi connectivity index (χ3v) is 5.29. The van der Waals surface area contributed by atoms with Gasteiger partial charge in [0.1, 0.15) is 5.82 Å². The van der Waals surface area contributed by atoms with Gasteiger partial charge in [0.15, 0.2) is 5.13 Å². The van der Waals surface area contributed by atoms with Gasteiger partial charge in [-0.1, -0.05) is 17.7 Å². The van der Waals surface area contributed by atoms with Crippen LogP contribution in [0.2, 0.25) is 5.02 Å². The molecule has 4 nitrogen and oxygen atoms in total. The Labute approximate surface area is 149 Å². The number of anilines is 1. The van der Waals surface area contributed by atoms with E-state index in [9.17, 15) is 9.18 Å². The van der Waals surface area contributed by atoms with Gasteiger partial charge in [-0.2, -0.15) is 0 Å². The molecule has 0 radical (unpaired) electrons. The number of nitrogens with one attached hydrogen (secondary N) is 1. The molecule has 3 rings (SSSR count). The molecule has 1 saturated heterocycles. The van der Waals surface area contributed by atoms with E-state index in [1.54, 1.807) is 11.3 Å². The minimum atomic E-state index is -0.610. The lowest BCUT2D eigenvalue weighted by molar-refractivity contribution is 0.0950. The number of hydrogen-bond donors (Lipinski definition) is 1. The van der Waals surface area contributed by atoms with Crippen molar-refractivity contribution in [3.63, 3.8) is 0 Å². The van der Waals surface area contributed by atoms with Crippen LogP contribution in [0.3, 0.4) is 0 Å². The van der Waals surface area contributed by atoms with Crippen molar-refractivity contribution in [2.75, 3.05) is 24.5 Å². The number of halogens is 2. The van der Waals surface area contributed by atoms with E-state index in [1.165, 1.54) is 37.5 Å². The molecule has 1 amide bonds. The van der Waals surface area contributed by atoms with E-state index in [4.69, 9.17) is 11.6 Å². The summed E-state index contributed by atoms with van der Waals surface area (Å²) in [7, 11) is 0. The first-order valence-corrected chi connectivity index (χ1v) is 9.32. The van der Waals surface area contributed by atoms with E-state index in [-0.39, 0.29) is 10.6 Å². The lowest BCUT2D eigenvalue weighted by Gasteiger charge is -2.25. The summed E-state index contributed by atoms with van der Waals surface area (Å²) in [4.78, 5) is 19.0. The van der Waals surface area contributed by atoms with Crippen LogP contribution in [-0.2, 0) is 6.42 Å². The highest BCUT2D eigenvalue weighted by atomic mass is 35.5. The van der Waals surface area contributed by atoms with Crippen LogP contribution in [-0.4, -0.2) is 30.5 Å². The van der Waals surface area contributed by atoms with Gasteiger partial charge in [0.2, 0.25) is 0 Å². The van der Waals surface area contributed by atoms with Gasteiger partial charge >= 0.3 is 0 Å². The van der Waals surface area contributed by atoms with E-state index >= 15 is 0 Å². The number of thiazole rings is 1. The maximum absolute atomic E-state index is 13.7. The molecular formula is C17H19ClFN3OS. The van der Waals surface area contributed by atoms with Crippen molar-refractivity contribution in [3.8, 4) is 0 Å². The monoisotopic (exact) mass is 367 g/mol. The molecule has 2 aromatic rings. The molecule has 1 aromatic heterocycles. The van der Waals surface area contributed by atoms with Gasteiger partial charge in [-0.25, -0.2) is 9.37 Å². The minimum absolute atomic E-state index is 0.105. The average molecular weight is 368 g/mol. The standard InChI is InChI=1S/C17H19ClFN3OS/c18-13-5-4-6-14(19)15(13)16(23)20-8-7-12-11-24-17(21-12)22-9-2-1-3-10-22/h4-6,11H,1-3,7-10H2,(H,20,23). The molecule has 1 aliphatic rings. The van der Waals surface area contributed by atoms with Crippen LogP contribution < -0.4 is 10.2 Å². The first-order valence-electron chi connectivity index (χ1n) is 8.06. The zero-order valence-electron chi connectivity index (χ0n) is 13.2. The van der Waals surface area contributed by atoms with Crippen LogP contribution in [0, 0.1) is 5.82 Å². The number of piperidine rings is 1. The summed E-state index contributed by atoms with van der Waals surface area (Å²) >= 11 is 7.53. The SMILES string of the molecule is O=C(NCCc1csc(N2CCCCC2)n1)c1c(F)cccc1Cl. The van der Waals surface area contributed by atoms with E-state index in [0.29, 0.717) is 13.0 Å². The van der Waals surface area contributed by atoms with Crippen molar-refractivity contribution in [2.24, 2.45) is 0 Å². The van der Waals surface area contributed by atoms with Gasteiger partial charge in [-0.3, -0.25) is 4.79 Å². The summed E-state index contributed by atoms with van der Waals surface area (Å²) in [6, 6.07) is 4.21. The van der Waals surface area contributed by atoms with Crippen molar-refractivity contribution >= 4 is 34.0 Å². The van der Waals surface area contributed by atoms with Gasteiger partial charge in [-0.05, 0) is 31.4 Å². The normalized spacial score (nSPS) is 14.7. The van der Waals surface area contributed by atoms with E-state index in [0.717, 1.165) is 23.9 Å². The van der Waals surface area contributed by atoms with E-state index in [2.05, 4.69) is 15.2 Å². The van der Waals surface area contributed by atoms with Gasteiger partial charge in [-0.15, -0.1) is 11.3 Å². The molecule has 0 bridgehead atoms. The number of amides is 1. The minimum Gasteiger partial charge on any atom is -0.352 e. The lowest BCUT2D eigenvalue weighted by Crippen LogP contribution is -2.29. The zero-order chi connectivity index (χ0) is 16.9. The molecule has 0 unspecified atom stereocenters. The molecule has 128 valence electrons. The quantitative estimate of drug-likeness (QED) is 0.871. The van der Waals surface area contributed by atoms with Gasteiger partial charge < -0.3 is 10.2 Å². The second-order valence-corrected chi connectivity index (χ2v) is 7.02. The topological polar surface area (TPSA) is 45.2 Å². The zero-order valence-corrected chi connectivity index (χ0v) is 14.8. The number of hydrogen-bond acceptors (Lipinski definition) is 4. The van der Waals surface area contributed by atoms with E-state index in [1.807, 2.05) is 5.38 Å². The largest absolute Gasteiger partial charge is 0.352 e. The third-order valence-electron chi connectivity index (χ3n) is 4.02. The molecule has 2 heterocycles. The van der Waals surface area contributed by atoms with Crippen LogP contribution in [0.5, 0.6) is 0 Å². The van der Waals surface area contributed by atoms with Crippen LogP contribution in [0.4, 0.5) is 9.52 Å². The Morgan fingerprint density at radius 3 is 2.88 bits per heavy atom. The maximum atomic E-state index is 13.7. The maximum Gasteiger partial charge on any atom is 0.255 e. The summed E-state index contributed by atoms with van der Waals surface area (Å²) in [5.74, 6) is -1.11. The van der Waals surface area contributed by atoms with Crippen LogP contribution in [0.15, 0.2) is 23.6 Å². The molecule has 1 fully saturated rings. The first-order chi connectivity index (χ1) is 11.6. The fourth-order valence-corrected chi connectivity index (χ4v) is 3.91. The number of benzene rings is 1. The molecule has 1 aromatic carbocycles. The number of nitrogens with zero attached hydrogens (tertiary/aromatic N) is 2. The van der Waals surface area contributed by atoms with Gasteiger partial charge in [0.05, 0.1) is 16.3 Å². The predicted octanol–water partition coefficient (Wildman–Crippen LogP) is 3.90. The van der Waals surface area contributed by atoms with Crippen LogP contribution in [0.1, 0.15) is 35.3 Å². The Morgan fingerprint density at radius 2 is 2.12 bits per heavy atom. The van der Waals surface area contributed by atoms with Crippen molar-refractivity contribution in [3.05, 3.63) is 45.7 Å². The Balaban J connectivity index is 1.53. The van der Waals surface area contributed by atoms with Crippen LogP contribution >= 0.6 is 22.9 Å². The second-order valence-electron chi connectivity index (χ2n) is 5.77. The number of carbonyl (C=O) groups excluding carboxylic acids is 1. The Hall–Kier alpha value is -1.66. The van der Waals surface area contributed by atoms with E-state index < -0.39 is 11.7 Å². The Morgan fingerprint density at radius 1 is 1.33 bits per heavy atom. The second kappa shape index (κ2) is 7.94. The third kappa shape index (κ3) is 4.05. The summed E-state index contributed by atoms with van der Waals surface area (Å²) in [6.45, 7) is 2.53. The average Bonchev–Trinajstić information content (AvgIpc) is 3.04. The molecule has 7 heteroatoms. The highest BCUT2D eigenvalue weighted by Crippen LogP contribution is 2.24. The van der Waals surface area contributed by atoms with Gasteiger partial charge in [0.25, 0.3) is 5.91 Å². The first kappa shape index (κ1) is 17.2. The molecule has 0 aliphatic carbocycles. The number of aromatic nitrogens is 1. The molecule has 1 N–H and O–H groups in total. The van der Waals surface area contributed by atoms with Crippen molar-refractivity contribution < 1.29 is 9.18 Å². The van der Waals surface area contributed by atoms with Crippen LogP contribution in [0.25, 0.3) is 0 Å². The highest BCUT2D eigenvalue weighted by molar-refractivity contribution is 7.13. The summed E-state index contributed by atoms with van der Waals surface area (Å²) < 4.78 is 13.7. The number of rotatable bonds is 5. The summed E-state index contributed by atoms with van der Waals surface area (Å²) in [5, 5.41) is 5.89. The smallest absolute Gasteiger partial charge is 0.255 e. The molecule has 24 heavy (non-hydrogen) atoms. The lowest BCUT2D eigenvalue weighted by atomic mass is 10.1.